The lowest BCUT2D eigenvalue weighted by atomic mass is 10.1. The first-order valence-corrected chi connectivity index (χ1v) is 5.48. The number of nitrogens with two attached hydrogens (primary N) is 1. The Labute approximate surface area is 95.6 Å². The molecule has 0 bridgehead atoms. The van der Waals surface area contributed by atoms with Crippen LogP contribution >= 0.6 is 15.9 Å². The van der Waals surface area contributed by atoms with Gasteiger partial charge in [-0.2, -0.15) is 4.98 Å². The van der Waals surface area contributed by atoms with Gasteiger partial charge in [-0.05, 0) is 22.4 Å². The molecule has 1 aliphatic rings. The fourth-order valence-corrected chi connectivity index (χ4v) is 2.13. The van der Waals surface area contributed by atoms with Crippen LogP contribution in [0.5, 0.6) is 0 Å². The van der Waals surface area contributed by atoms with Crippen LogP contribution in [0.2, 0.25) is 0 Å². The second-order valence-electron chi connectivity index (χ2n) is 3.67. The number of hydrogen-bond donors (Lipinski definition) is 1. The number of anilines is 1. The molecular weight excluding hydrogens is 262 g/mol. The Kier molecular flexibility index (Phi) is 2.64. The molecule has 82 valence electrons. The van der Waals surface area contributed by atoms with E-state index in [1.807, 2.05) is 7.05 Å². The summed E-state index contributed by atoms with van der Waals surface area (Å²) in [6, 6.07) is 0. The monoisotopic (exact) mass is 273 g/mol. The molecule has 2 N–H and O–H groups in total. The van der Waals surface area contributed by atoms with Gasteiger partial charge in [0.1, 0.15) is 0 Å². The maximum Gasteiger partial charge on any atom is 0.240 e. The quantitative estimate of drug-likeness (QED) is 0.829. The molecule has 1 aliphatic heterocycles. The number of carbonyl (C=O) groups is 1. The van der Waals surface area contributed by atoms with Crippen molar-refractivity contribution in [2.75, 3.05) is 19.3 Å². The van der Waals surface area contributed by atoms with Crippen molar-refractivity contribution in [1.82, 2.24) is 19.7 Å². The standard InChI is InChI=1S/C8H12BrN5O/c1-13-3-2-5(6(13)15)4-14-7(9)11-8(10)12-14/h5H,2-4H2,1H3,(H2,10,12). The third-order valence-corrected chi connectivity index (χ3v) is 3.16. The zero-order chi connectivity index (χ0) is 11.0. The molecule has 1 saturated heterocycles. The molecule has 1 amide bonds. The summed E-state index contributed by atoms with van der Waals surface area (Å²) in [4.78, 5) is 17.3. The van der Waals surface area contributed by atoms with Crippen molar-refractivity contribution in [3.63, 3.8) is 0 Å². The zero-order valence-corrected chi connectivity index (χ0v) is 9.94. The Balaban J connectivity index is 2.09. The summed E-state index contributed by atoms with van der Waals surface area (Å²) in [7, 11) is 1.81. The molecule has 0 spiro atoms. The van der Waals surface area contributed by atoms with Gasteiger partial charge in [-0.1, -0.05) is 0 Å². The van der Waals surface area contributed by atoms with E-state index in [1.54, 1.807) is 9.58 Å². The van der Waals surface area contributed by atoms with Crippen molar-refractivity contribution < 1.29 is 4.79 Å². The lowest BCUT2D eigenvalue weighted by Crippen LogP contribution is -2.25. The zero-order valence-electron chi connectivity index (χ0n) is 8.35. The number of nitrogens with zero attached hydrogens (tertiary/aromatic N) is 4. The molecule has 1 aromatic heterocycles. The van der Waals surface area contributed by atoms with Gasteiger partial charge in [-0.15, -0.1) is 5.10 Å². The van der Waals surface area contributed by atoms with Gasteiger partial charge >= 0.3 is 0 Å². The van der Waals surface area contributed by atoms with Gasteiger partial charge in [0.25, 0.3) is 0 Å². The molecular formula is C8H12BrN5O. The first-order chi connectivity index (χ1) is 7.08. The molecule has 0 aromatic carbocycles. The van der Waals surface area contributed by atoms with Crippen LogP contribution in [-0.2, 0) is 11.3 Å². The van der Waals surface area contributed by atoms with E-state index in [-0.39, 0.29) is 17.8 Å². The minimum absolute atomic E-state index is 0.00704. The summed E-state index contributed by atoms with van der Waals surface area (Å²) >= 11 is 3.24. The smallest absolute Gasteiger partial charge is 0.240 e. The SMILES string of the molecule is CN1CCC(Cn2nc(N)nc2Br)C1=O. The van der Waals surface area contributed by atoms with Gasteiger partial charge in [0.05, 0.1) is 12.5 Å². The van der Waals surface area contributed by atoms with Crippen LogP contribution in [0.4, 0.5) is 5.95 Å². The molecule has 1 atom stereocenters. The molecule has 1 fully saturated rings. The van der Waals surface area contributed by atoms with Crippen LogP contribution in [0.1, 0.15) is 6.42 Å². The number of likely N-dealkylation sites (tertiary alicyclic amines) is 1. The number of rotatable bonds is 2. The van der Waals surface area contributed by atoms with E-state index < -0.39 is 0 Å². The Bertz CT molecular complexity index is 390. The molecule has 0 saturated carbocycles. The lowest BCUT2D eigenvalue weighted by Gasteiger charge is -2.10. The molecule has 0 aliphatic carbocycles. The maximum absolute atomic E-state index is 11.6. The second-order valence-corrected chi connectivity index (χ2v) is 4.38. The van der Waals surface area contributed by atoms with Gasteiger partial charge < -0.3 is 10.6 Å². The van der Waals surface area contributed by atoms with Crippen LogP contribution < -0.4 is 5.73 Å². The predicted molar refractivity (Wildman–Crippen MR) is 57.9 cm³/mol. The summed E-state index contributed by atoms with van der Waals surface area (Å²) in [6.07, 6.45) is 0.863. The molecule has 2 heterocycles. The summed E-state index contributed by atoms with van der Waals surface area (Å²) in [5.41, 5.74) is 5.45. The van der Waals surface area contributed by atoms with Crippen molar-refractivity contribution in [3.8, 4) is 0 Å². The molecule has 2 rings (SSSR count). The van der Waals surface area contributed by atoms with Crippen LogP contribution in [0.25, 0.3) is 0 Å². The number of amides is 1. The van der Waals surface area contributed by atoms with Gasteiger partial charge in [0.15, 0.2) is 4.73 Å². The fraction of sp³-hybridized carbons (Fsp3) is 0.625. The molecule has 7 heteroatoms. The van der Waals surface area contributed by atoms with Crippen LogP contribution in [0.3, 0.4) is 0 Å². The van der Waals surface area contributed by atoms with E-state index in [9.17, 15) is 4.79 Å². The molecule has 1 unspecified atom stereocenters. The van der Waals surface area contributed by atoms with Crippen molar-refractivity contribution in [3.05, 3.63) is 4.73 Å². The molecule has 6 nitrogen and oxygen atoms in total. The first-order valence-electron chi connectivity index (χ1n) is 4.68. The summed E-state index contributed by atoms with van der Waals surface area (Å²) in [5.74, 6) is 0.379. The summed E-state index contributed by atoms with van der Waals surface area (Å²) in [6.45, 7) is 1.35. The third-order valence-electron chi connectivity index (χ3n) is 2.57. The fourth-order valence-electron chi connectivity index (χ4n) is 1.73. The van der Waals surface area contributed by atoms with Crippen molar-refractivity contribution in [2.24, 2.45) is 5.92 Å². The summed E-state index contributed by atoms with van der Waals surface area (Å²) in [5, 5.41) is 4.00. The highest BCUT2D eigenvalue weighted by Gasteiger charge is 2.30. The highest BCUT2D eigenvalue weighted by molar-refractivity contribution is 9.10. The molecule has 15 heavy (non-hydrogen) atoms. The Morgan fingerprint density at radius 3 is 2.87 bits per heavy atom. The Morgan fingerprint density at radius 1 is 1.67 bits per heavy atom. The van der Waals surface area contributed by atoms with Gasteiger partial charge in [-0.3, -0.25) is 4.79 Å². The number of hydrogen-bond acceptors (Lipinski definition) is 4. The minimum Gasteiger partial charge on any atom is -0.366 e. The topological polar surface area (TPSA) is 77.0 Å². The van der Waals surface area contributed by atoms with Gasteiger partial charge in [0.2, 0.25) is 11.9 Å². The lowest BCUT2D eigenvalue weighted by molar-refractivity contribution is -0.130. The number of halogens is 1. The van der Waals surface area contributed by atoms with E-state index in [0.717, 1.165) is 13.0 Å². The largest absolute Gasteiger partial charge is 0.366 e. The van der Waals surface area contributed by atoms with E-state index in [0.29, 0.717) is 11.3 Å². The Morgan fingerprint density at radius 2 is 2.40 bits per heavy atom. The Hall–Kier alpha value is -1.11. The maximum atomic E-state index is 11.6. The van der Waals surface area contributed by atoms with Gasteiger partial charge in [0, 0.05) is 13.6 Å². The summed E-state index contributed by atoms with van der Waals surface area (Å²) < 4.78 is 2.19. The average molecular weight is 274 g/mol. The first kappa shape index (κ1) is 10.4. The van der Waals surface area contributed by atoms with Crippen LogP contribution in [0.15, 0.2) is 4.73 Å². The van der Waals surface area contributed by atoms with Crippen LogP contribution in [-0.4, -0.2) is 39.2 Å². The predicted octanol–water partition coefficient (Wildman–Crippen LogP) is 0.101. The highest BCUT2D eigenvalue weighted by Crippen LogP contribution is 2.20. The number of nitrogen functional groups attached to an aromatic ring is 1. The molecule has 1 aromatic rings. The van der Waals surface area contributed by atoms with E-state index in [1.165, 1.54) is 0 Å². The normalized spacial score (nSPS) is 21.3. The second kappa shape index (κ2) is 3.80. The molecule has 0 radical (unpaired) electrons. The minimum atomic E-state index is -0.00704. The van der Waals surface area contributed by atoms with Crippen molar-refractivity contribution >= 4 is 27.8 Å². The van der Waals surface area contributed by atoms with E-state index in [2.05, 4.69) is 26.0 Å². The van der Waals surface area contributed by atoms with Crippen molar-refractivity contribution in [2.45, 2.75) is 13.0 Å². The third kappa shape index (κ3) is 1.97. The average Bonchev–Trinajstić information content (AvgIpc) is 2.64. The number of carbonyl (C=O) groups excluding carboxylic acids is 1. The van der Waals surface area contributed by atoms with Crippen molar-refractivity contribution in [1.29, 1.82) is 0 Å². The van der Waals surface area contributed by atoms with E-state index in [4.69, 9.17) is 5.73 Å². The van der Waals surface area contributed by atoms with E-state index >= 15 is 0 Å². The van der Waals surface area contributed by atoms with Gasteiger partial charge in [-0.25, -0.2) is 4.68 Å². The number of aromatic nitrogens is 3. The highest BCUT2D eigenvalue weighted by atomic mass is 79.9. The van der Waals surface area contributed by atoms with Crippen LogP contribution in [0, 0.1) is 5.92 Å².